The fraction of sp³-hybridized carbons (Fsp3) is 0.462. The Hall–Kier alpha value is -2.04. The first-order valence-electron chi connectivity index (χ1n) is 6.29. The zero-order valence-electron chi connectivity index (χ0n) is 10.5. The Balaban J connectivity index is 2.00. The number of carboxylic acid groups (broad SMARTS) is 1. The van der Waals surface area contributed by atoms with Crippen LogP contribution in [-0.2, 0) is 4.79 Å². The van der Waals surface area contributed by atoms with Gasteiger partial charge in [-0.3, -0.25) is 4.79 Å². The van der Waals surface area contributed by atoms with E-state index in [1.165, 1.54) is 18.4 Å². The summed E-state index contributed by atoms with van der Waals surface area (Å²) in [5.41, 5.74) is 10.2. The maximum absolute atomic E-state index is 11.2. The molecular weight excluding hydrogens is 244 g/mol. The lowest BCUT2D eigenvalue weighted by Gasteiger charge is -2.14. The van der Waals surface area contributed by atoms with Gasteiger partial charge in [-0.05, 0) is 35.4 Å². The molecule has 2 rings (SSSR count). The number of rotatable bonds is 7. The lowest BCUT2D eigenvalue weighted by Crippen LogP contribution is -2.30. The van der Waals surface area contributed by atoms with Crippen LogP contribution in [0.1, 0.15) is 35.9 Å². The van der Waals surface area contributed by atoms with Gasteiger partial charge in [0.25, 0.3) is 0 Å². The molecule has 1 saturated carbocycles. The topological polar surface area (TPSA) is 98.1 Å². The summed E-state index contributed by atoms with van der Waals surface area (Å²) in [5.74, 6) is -0.268. The van der Waals surface area contributed by atoms with Gasteiger partial charge in [0, 0.05) is 18.0 Å². The number of benzene rings is 1. The van der Waals surface area contributed by atoms with Gasteiger partial charge in [-0.1, -0.05) is 29.4 Å². The van der Waals surface area contributed by atoms with Crippen molar-refractivity contribution < 1.29 is 9.90 Å². The highest BCUT2D eigenvalue weighted by Gasteiger charge is 2.24. The lowest BCUT2D eigenvalue weighted by atomic mass is 10.0. The van der Waals surface area contributed by atoms with E-state index in [2.05, 4.69) is 15.3 Å². The SMILES string of the molecule is [N-]=[N+]=NCCNC(C(=O)O)c1ccc(C2CC2)cc1. The number of nitrogens with one attached hydrogen (secondary N) is 1. The van der Waals surface area contributed by atoms with Crippen molar-refractivity contribution in [1.82, 2.24) is 5.32 Å². The third kappa shape index (κ3) is 3.71. The molecule has 1 aliphatic rings. The molecule has 1 atom stereocenters. The Bertz CT molecular complexity index is 490. The number of nitrogens with zero attached hydrogens (tertiary/aromatic N) is 3. The third-order valence-electron chi connectivity index (χ3n) is 3.19. The summed E-state index contributed by atoms with van der Waals surface area (Å²) in [6.45, 7) is 0.575. The number of hydrogen-bond acceptors (Lipinski definition) is 3. The zero-order chi connectivity index (χ0) is 13.7. The largest absolute Gasteiger partial charge is 0.480 e. The zero-order valence-corrected chi connectivity index (χ0v) is 10.5. The molecule has 1 aromatic carbocycles. The molecule has 6 nitrogen and oxygen atoms in total. The number of azide groups is 1. The quantitative estimate of drug-likeness (QED) is 0.341. The summed E-state index contributed by atoms with van der Waals surface area (Å²) in [4.78, 5) is 13.9. The van der Waals surface area contributed by atoms with Gasteiger partial charge in [0.15, 0.2) is 0 Å². The molecule has 19 heavy (non-hydrogen) atoms. The van der Waals surface area contributed by atoms with E-state index >= 15 is 0 Å². The maximum Gasteiger partial charge on any atom is 0.325 e. The fourth-order valence-electron chi connectivity index (χ4n) is 2.03. The first kappa shape index (κ1) is 13.4. The number of carboxylic acids is 1. The van der Waals surface area contributed by atoms with E-state index in [1.807, 2.05) is 24.3 Å². The van der Waals surface area contributed by atoms with E-state index in [-0.39, 0.29) is 6.54 Å². The van der Waals surface area contributed by atoms with E-state index in [4.69, 9.17) is 5.53 Å². The third-order valence-corrected chi connectivity index (χ3v) is 3.19. The number of aliphatic carboxylic acids is 1. The number of carbonyl (C=O) groups is 1. The summed E-state index contributed by atoms with van der Waals surface area (Å²) in [7, 11) is 0. The highest BCUT2D eigenvalue weighted by atomic mass is 16.4. The first-order valence-corrected chi connectivity index (χ1v) is 6.29. The molecule has 0 amide bonds. The summed E-state index contributed by atoms with van der Waals surface area (Å²) >= 11 is 0. The van der Waals surface area contributed by atoms with Gasteiger partial charge < -0.3 is 10.4 Å². The minimum Gasteiger partial charge on any atom is -0.480 e. The average Bonchev–Trinajstić information content (AvgIpc) is 3.23. The van der Waals surface area contributed by atoms with Gasteiger partial charge in [0.05, 0.1) is 0 Å². The van der Waals surface area contributed by atoms with Crippen LogP contribution in [0.5, 0.6) is 0 Å². The lowest BCUT2D eigenvalue weighted by molar-refractivity contribution is -0.139. The van der Waals surface area contributed by atoms with Crippen molar-refractivity contribution in [2.75, 3.05) is 13.1 Å². The molecule has 1 aliphatic carbocycles. The molecule has 0 radical (unpaired) electrons. The molecule has 6 heteroatoms. The minimum absolute atomic E-state index is 0.237. The van der Waals surface area contributed by atoms with Crippen molar-refractivity contribution in [2.24, 2.45) is 5.11 Å². The van der Waals surface area contributed by atoms with Gasteiger partial charge in [0.2, 0.25) is 0 Å². The predicted molar refractivity (Wildman–Crippen MR) is 70.8 cm³/mol. The minimum atomic E-state index is -0.930. The molecule has 0 aromatic heterocycles. The second kappa shape index (κ2) is 6.22. The Labute approximate surface area is 111 Å². The molecule has 0 heterocycles. The summed E-state index contributed by atoms with van der Waals surface area (Å²) < 4.78 is 0. The summed E-state index contributed by atoms with van der Waals surface area (Å²) in [5, 5.41) is 15.4. The highest BCUT2D eigenvalue weighted by molar-refractivity contribution is 5.75. The van der Waals surface area contributed by atoms with E-state index in [9.17, 15) is 9.90 Å². The van der Waals surface area contributed by atoms with Crippen LogP contribution in [0.3, 0.4) is 0 Å². The molecule has 0 aliphatic heterocycles. The van der Waals surface area contributed by atoms with Gasteiger partial charge in [-0.25, -0.2) is 0 Å². The Morgan fingerprint density at radius 1 is 1.47 bits per heavy atom. The number of hydrogen-bond donors (Lipinski definition) is 2. The second-order valence-electron chi connectivity index (χ2n) is 4.62. The van der Waals surface area contributed by atoms with Crippen LogP contribution in [0, 0.1) is 0 Å². The van der Waals surface area contributed by atoms with Gasteiger partial charge in [0.1, 0.15) is 6.04 Å². The molecule has 1 fully saturated rings. The van der Waals surface area contributed by atoms with Crippen LogP contribution >= 0.6 is 0 Å². The normalized spacial score (nSPS) is 15.6. The molecule has 100 valence electrons. The van der Waals surface area contributed by atoms with Crippen molar-refractivity contribution in [3.63, 3.8) is 0 Å². The maximum atomic E-state index is 11.2. The highest BCUT2D eigenvalue weighted by Crippen LogP contribution is 2.40. The van der Waals surface area contributed by atoms with Crippen LogP contribution in [0.2, 0.25) is 0 Å². The summed E-state index contributed by atoms with van der Waals surface area (Å²) in [6, 6.07) is 6.94. The van der Waals surface area contributed by atoms with Crippen LogP contribution in [0.25, 0.3) is 10.4 Å². The van der Waals surface area contributed by atoms with Crippen LogP contribution in [0.15, 0.2) is 29.4 Å². The van der Waals surface area contributed by atoms with E-state index in [1.54, 1.807) is 0 Å². The predicted octanol–water partition coefficient (Wildman–Crippen LogP) is 2.59. The van der Waals surface area contributed by atoms with E-state index < -0.39 is 12.0 Å². The van der Waals surface area contributed by atoms with Gasteiger partial charge in [-0.15, -0.1) is 0 Å². The van der Waals surface area contributed by atoms with Crippen LogP contribution < -0.4 is 5.32 Å². The first-order chi connectivity index (χ1) is 9.22. The van der Waals surface area contributed by atoms with Crippen LogP contribution in [-0.4, -0.2) is 24.2 Å². The average molecular weight is 260 g/mol. The molecule has 1 unspecified atom stereocenters. The van der Waals surface area contributed by atoms with Crippen molar-refractivity contribution in [3.8, 4) is 0 Å². The Morgan fingerprint density at radius 3 is 2.68 bits per heavy atom. The molecule has 0 spiro atoms. The van der Waals surface area contributed by atoms with Gasteiger partial charge in [-0.2, -0.15) is 0 Å². The van der Waals surface area contributed by atoms with Crippen molar-refractivity contribution in [1.29, 1.82) is 0 Å². The smallest absolute Gasteiger partial charge is 0.325 e. The Morgan fingerprint density at radius 2 is 2.16 bits per heavy atom. The monoisotopic (exact) mass is 260 g/mol. The molecular formula is C13H16N4O2. The standard InChI is InChI=1S/C13H16N4O2/c14-17-16-8-7-15-12(13(18)19)11-5-3-10(4-6-11)9-1-2-9/h3-6,9,12,15H,1-2,7-8H2,(H,18,19). The fourth-order valence-corrected chi connectivity index (χ4v) is 2.03. The van der Waals surface area contributed by atoms with Crippen molar-refractivity contribution in [3.05, 3.63) is 45.8 Å². The van der Waals surface area contributed by atoms with E-state index in [0.29, 0.717) is 12.5 Å². The van der Waals surface area contributed by atoms with E-state index in [0.717, 1.165) is 5.56 Å². The Kier molecular flexibility index (Phi) is 4.39. The van der Waals surface area contributed by atoms with Crippen molar-refractivity contribution in [2.45, 2.75) is 24.8 Å². The van der Waals surface area contributed by atoms with Gasteiger partial charge >= 0.3 is 5.97 Å². The molecule has 2 N–H and O–H groups in total. The van der Waals surface area contributed by atoms with Crippen LogP contribution in [0.4, 0.5) is 0 Å². The second-order valence-corrected chi connectivity index (χ2v) is 4.62. The molecule has 1 aromatic rings. The summed E-state index contributed by atoms with van der Waals surface area (Å²) in [6.07, 6.45) is 2.46. The molecule has 0 saturated heterocycles. The van der Waals surface area contributed by atoms with Crippen molar-refractivity contribution >= 4 is 5.97 Å². The molecule has 0 bridgehead atoms.